The Hall–Kier alpha value is -0.630. The van der Waals surface area contributed by atoms with E-state index >= 15 is 0 Å². The molecule has 5 nitrogen and oxygen atoms in total. The number of amides is 1. The topological polar surface area (TPSA) is 92.4 Å². The van der Waals surface area contributed by atoms with Crippen LogP contribution in [-0.4, -0.2) is 17.0 Å². The van der Waals surface area contributed by atoms with Gasteiger partial charge in [0.15, 0.2) is 0 Å². The zero-order valence-electron chi connectivity index (χ0n) is 13.9. The number of rotatable bonds is 6. The highest BCUT2D eigenvalue weighted by Crippen LogP contribution is 2.31. The lowest BCUT2D eigenvalue weighted by molar-refractivity contribution is -0.137. The molecule has 0 radical (unpaired) electrons. The summed E-state index contributed by atoms with van der Waals surface area (Å²) in [5, 5.41) is 12.0. The molecule has 0 bridgehead atoms. The molecule has 8 heteroatoms. The van der Waals surface area contributed by atoms with Crippen LogP contribution in [0.2, 0.25) is 0 Å². The fraction of sp³-hybridized carbons (Fsp3) is 0.222. The Labute approximate surface area is 192 Å². The molecule has 0 aliphatic heterocycles. The molecule has 26 heavy (non-hydrogen) atoms. The standard InChI is InChI=1S/C18H17I3N2O3/c1-2-9(7-14(24)25)10-4-3-5-11(6-10)23-18(26)15-12(19)8-13(20)17(22)16(15)21/h3-6,8-9H,2,7,22H2,1H3,(H,23,26)(H,24,25). The van der Waals surface area contributed by atoms with Crippen LogP contribution in [0.4, 0.5) is 11.4 Å². The van der Waals surface area contributed by atoms with Crippen molar-refractivity contribution in [2.45, 2.75) is 25.7 Å². The van der Waals surface area contributed by atoms with Crippen molar-refractivity contribution in [2.75, 3.05) is 11.1 Å². The molecule has 0 heterocycles. The first-order valence-corrected chi connectivity index (χ1v) is 11.0. The monoisotopic (exact) mass is 690 g/mol. The maximum Gasteiger partial charge on any atom is 0.303 e. The van der Waals surface area contributed by atoms with Crippen molar-refractivity contribution in [2.24, 2.45) is 0 Å². The molecular formula is C18H17I3N2O3. The third-order valence-electron chi connectivity index (χ3n) is 3.96. The summed E-state index contributed by atoms with van der Waals surface area (Å²) in [5.74, 6) is -1.14. The first-order chi connectivity index (χ1) is 12.2. The Kier molecular flexibility index (Phi) is 7.94. The van der Waals surface area contributed by atoms with Crippen LogP contribution in [0, 0.1) is 10.7 Å². The third-order valence-corrected chi connectivity index (χ3v) is 6.83. The van der Waals surface area contributed by atoms with Gasteiger partial charge in [-0.15, -0.1) is 0 Å². The molecule has 2 rings (SSSR count). The number of carboxylic acids is 1. The number of carbonyl (C=O) groups is 2. The number of halogens is 3. The molecule has 0 aromatic heterocycles. The predicted molar refractivity (Wildman–Crippen MR) is 129 cm³/mol. The van der Waals surface area contributed by atoms with Crippen LogP contribution in [0.1, 0.15) is 41.6 Å². The van der Waals surface area contributed by atoms with Gasteiger partial charge in [-0.3, -0.25) is 9.59 Å². The third kappa shape index (κ3) is 5.21. The van der Waals surface area contributed by atoms with E-state index in [9.17, 15) is 9.59 Å². The summed E-state index contributed by atoms with van der Waals surface area (Å²) in [6.45, 7) is 1.96. The highest BCUT2D eigenvalue weighted by Gasteiger charge is 2.19. The van der Waals surface area contributed by atoms with E-state index in [2.05, 4.69) is 73.1 Å². The van der Waals surface area contributed by atoms with Gasteiger partial charge in [-0.25, -0.2) is 0 Å². The number of aliphatic carboxylic acids is 1. The molecule has 0 fully saturated rings. The molecule has 0 aliphatic carbocycles. The lowest BCUT2D eigenvalue weighted by Gasteiger charge is -2.15. The average Bonchev–Trinajstić information content (AvgIpc) is 2.57. The Morgan fingerprint density at radius 1 is 1.19 bits per heavy atom. The Bertz CT molecular complexity index is 856. The second-order valence-electron chi connectivity index (χ2n) is 5.73. The van der Waals surface area contributed by atoms with Crippen LogP contribution in [0.5, 0.6) is 0 Å². The normalized spacial score (nSPS) is 11.8. The summed E-state index contributed by atoms with van der Waals surface area (Å²) in [6, 6.07) is 9.23. The van der Waals surface area contributed by atoms with Gasteiger partial charge in [0, 0.05) is 12.8 Å². The van der Waals surface area contributed by atoms with Crippen molar-refractivity contribution < 1.29 is 14.7 Å². The fourth-order valence-electron chi connectivity index (χ4n) is 2.59. The van der Waals surface area contributed by atoms with E-state index in [1.54, 1.807) is 6.07 Å². The number of hydrogen-bond acceptors (Lipinski definition) is 3. The molecule has 4 N–H and O–H groups in total. The maximum atomic E-state index is 12.8. The van der Waals surface area contributed by atoms with Crippen molar-refractivity contribution in [1.29, 1.82) is 0 Å². The smallest absolute Gasteiger partial charge is 0.303 e. The minimum absolute atomic E-state index is 0.0668. The molecular weight excluding hydrogens is 673 g/mol. The van der Waals surface area contributed by atoms with E-state index in [1.165, 1.54) is 0 Å². The zero-order chi connectivity index (χ0) is 19.4. The quantitative estimate of drug-likeness (QED) is 0.284. The van der Waals surface area contributed by atoms with Crippen molar-refractivity contribution in [1.82, 2.24) is 0 Å². The number of carboxylic acid groups (broad SMARTS) is 1. The molecule has 138 valence electrons. The molecule has 0 saturated carbocycles. The molecule has 0 saturated heterocycles. The van der Waals surface area contributed by atoms with Crippen LogP contribution in [0.3, 0.4) is 0 Å². The van der Waals surface area contributed by atoms with Crippen LogP contribution in [-0.2, 0) is 4.79 Å². The van der Waals surface area contributed by atoms with Gasteiger partial charge in [0.05, 0.1) is 21.2 Å². The van der Waals surface area contributed by atoms with Crippen molar-refractivity contribution >= 4 is 91.0 Å². The number of nitrogen functional groups attached to an aromatic ring is 1. The van der Waals surface area contributed by atoms with Gasteiger partial charge in [-0.2, -0.15) is 0 Å². The van der Waals surface area contributed by atoms with Gasteiger partial charge >= 0.3 is 5.97 Å². The van der Waals surface area contributed by atoms with Gasteiger partial charge in [0.25, 0.3) is 5.91 Å². The van der Waals surface area contributed by atoms with Crippen molar-refractivity contribution in [3.8, 4) is 0 Å². The summed E-state index contributed by atoms with van der Waals surface area (Å²) < 4.78 is 2.47. The lowest BCUT2D eigenvalue weighted by Crippen LogP contribution is -2.17. The summed E-state index contributed by atoms with van der Waals surface area (Å²) in [4.78, 5) is 23.8. The largest absolute Gasteiger partial charge is 0.481 e. The van der Waals surface area contributed by atoms with Crippen LogP contribution < -0.4 is 11.1 Å². The lowest BCUT2D eigenvalue weighted by atomic mass is 9.93. The predicted octanol–water partition coefficient (Wildman–Crippen LogP) is 5.30. The molecule has 0 aliphatic rings. The number of carbonyl (C=O) groups excluding carboxylic acids is 1. The van der Waals surface area contributed by atoms with Gasteiger partial charge in [-0.05, 0) is 104 Å². The molecule has 1 unspecified atom stereocenters. The number of nitrogens with one attached hydrogen (secondary N) is 1. The summed E-state index contributed by atoms with van der Waals surface area (Å²) in [6.07, 6.45) is 0.782. The van der Waals surface area contributed by atoms with E-state index in [0.717, 1.165) is 16.3 Å². The van der Waals surface area contributed by atoms with Gasteiger partial charge < -0.3 is 16.2 Å². The summed E-state index contributed by atoms with van der Waals surface area (Å²) in [5.41, 5.74) is 8.74. The molecule has 1 atom stereocenters. The first-order valence-electron chi connectivity index (χ1n) is 7.80. The second kappa shape index (κ2) is 9.53. The summed E-state index contributed by atoms with van der Waals surface area (Å²) in [7, 11) is 0. The molecule has 2 aromatic rings. The Morgan fingerprint density at radius 2 is 1.88 bits per heavy atom. The van der Waals surface area contributed by atoms with Crippen molar-refractivity contribution in [3.05, 3.63) is 52.2 Å². The SMILES string of the molecule is CCC(CC(=O)O)c1cccc(NC(=O)c2c(I)cc(I)c(N)c2I)c1. The van der Waals surface area contributed by atoms with E-state index in [4.69, 9.17) is 10.8 Å². The number of hydrogen-bond donors (Lipinski definition) is 3. The molecule has 0 spiro atoms. The molecule has 2 aromatic carbocycles. The number of benzene rings is 2. The minimum atomic E-state index is -0.829. The van der Waals surface area contributed by atoms with Gasteiger partial charge in [-0.1, -0.05) is 19.1 Å². The fourth-order valence-corrected chi connectivity index (χ4v) is 6.45. The van der Waals surface area contributed by atoms with Crippen LogP contribution >= 0.6 is 67.8 Å². The highest BCUT2D eigenvalue weighted by atomic mass is 127. The van der Waals surface area contributed by atoms with E-state index < -0.39 is 5.97 Å². The highest BCUT2D eigenvalue weighted by molar-refractivity contribution is 14.1. The van der Waals surface area contributed by atoms with Crippen LogP contribution in [0.25, 0.3) is 0 Å². The van der Waals surface area contributed by atoms with E-state index in [0.29, 0.717) is 23.4 Å². The summed E-state index contributed by atoms with van der Waals surface area (Å²) >= 11 is 6.37. The van der Waals surface area contributed by atoms with E-state index in [-0.39, 0.29) is 18.2 Å². The van der Waals surface area contributed by atoms with Gasteiger partial charge in [0.2, 0.25) is 0 Å². The second-order valence-corrected chi connectivity index (χ2v) is 9.13. The first kappa shape index (κ1) is 21.7. The molecule has 1 amide bonds. The van der Waals surface area contributed by atoms with Gasteiger partial charge in [0.1, 0.15) is 0 Å². The van der Waals surface area contributed by atoms with E-state index in [1.807, 2.05) is 31.2 Å². The number of nitrogens with two attached hydrogens (primary N) is 1. The average molecular weight is 690 g/mol. The van der Waals surface area contributed by atoms with Crippen LogP contribution in [0.15, 0.2) is 30.3 Å². The minimum Gasteiger partial charge on any atom is -0.481 e. The van der Waals surface area contributed by atoms with Crippen molar-refractivity contribution in [3.63, 3.8) is 0 Å². The Balaban J connectivity index is 2.30. The number of anilines is 2. The zero-order valence-corrected chi connectivity index (χ0v) is 20.3. The maximum absolute atomic E-state index is 12.8. The Morgan fingerprint density at radius 3 is 2.50 bits per heavy atom.